The number of rotatable bonds is 6. The first-order valence-corrected chi connectivity index (χ1v) is 8.34. The Bertz CT molecular complexity index is 830. The molecule has 0 aliphatic rings. The zero-order chi connectivity index (χ0) is 17.0. The fourth-order valence-corrected chi connectivity index (χ4v) is 2.95. The van der Waals surface area contributed by atoms with Crippen LogP contribution in [0.5, 0.6) is 0 Å². The average Bonchev–Trinajstić information content (AvgIpc) is 2.52. The standard InChI is InChI=1S/C16H17NO5S/c1-12(18)13-7-8-17(9-10-22-2)15(11-13)14-5-3-4-6-16(14)23(19,20)21/h3-8,11H,9-10H2,1-2H3. The second-order valence-corrected chi connectivity index (χ2v) is 6.34. The molecule has 0 amide bonds. The number of pyridine rings is 1. The number of nitrogens with zero attached hydrogens (tertiary/aromatic N) is 1. The third-order valence-corrected chi connectivity index (χ3v) is 4.31. The van der Waals surface area contributed by atoms with Crippen LogP contribution in [0.1, 0.15) is 17.3 Å². The first-order valence-electron chi connectivity index (χ1n) is 6.93. The Labute approximate surface area is 135 Å². The maximum Gasteiger partial charge on any atom is 0.214 e. The van der Waals surface area contributed by atoms with Crippen LogP contribution in [0.4, 0.5) is 0 Å². The van der Waals surface area contributed by atoms with Gasteiger partial charge in [0.15, 0.2) is 18.5 Å². The molecular formula is C16H17NO5S. The van der Waals surface area contributed by atoms with Gasteiger partial charge in [0.1, 0.15) is 16.7 Å². The summed E-state index contributed by atoms with van der Waals surface area (Å²) < 4.78 is 41.3. The van der Waals surface area contributed by atoms with E-state index >= 15 is 0 Å². The molecule has 23 heavy (non-hydrogen) atoms. The second-order valence-electron chi connectivity index (χ2n) is 4.99. The number of carbonyl (C=O) groups excluding carboxylic acids is 1. The summed E-state index contributed by atoms with van der Waals surface area (Å²) >= 11 is 0. The summed E-state index contributed by atoms with van der Waals surface area (Å²) in [6.07, 6.45) is 1.68. The van der Waals surface area contributed by atoms with Crippen molar-refractivity contribution >= 4 is 15.9 Å². The molecule has 0 saturated heterocycles. The van der Waals surface area contributed by atoms with E-state index in [1.54, 1.807) is 42.1 Å². The number of ketones is 1. The summed E-state index contributed by atoms with van der Waals surface area (Å²) in [5.41, 5.74) is 1.18. The minimum Gasteiger partial charge on any atom is -0.744 e. The molecule has 0 N–H and O–H groups in total. The summed E-state index contributed by atoms with van der Waals surface area (Å²) in [7, 11) is -3.08. The number of ether oxygens (including phenoxy) is 1. The number of methoxy groups -OCH3 is 1. The van der Waals surface area contributed by atoms with Gasteiger partial charge in [-0.2, -0.15) is 4.57 Å². The molecule has 1 aromatic carbocycles. The summed E-state index contributed by atoms with van der Waals surface area (Å²) in [6, 6.07) is 9.18. The maximum atomic E-state index is 11.6. The highest BCUT2D eigenvalue weighted by atomic mass is 32.2. The fraction of sp³-hybridized carbons (Fsp3) is 0.250. The Morgan fingerprint density at radius 1 is 1.26 bits per heavy atom. The predicted octanol–water partition coefficient (Wildman–Crippen LogP) is 1.39. The highest BCUT2D eigenvalue weighted by Crippen LogP contribution is 2.25. The van der Waals surface area contributed by atoms with Crippen LogP contribution in [0.25, 0.3) is 11.3 Å². The lowest BCUT2D eigenvalue weighted by atomic mass is 10.1. The SMILES string of the molecule is COCC[n+]1ccc(C(C)=O)cc1-c1ccccc1S(=O)(=O)[O-]. The van der Waals surface area contributed by atoms with Crippen LogP contribution in [-0.4, -0.2) is 32.5 Å². The Balaban J connectivity index is 2.70. The van der Waals surface area contributed by atoms with Crippen LogP contribution in [0.2, 0.25) is 0 Å². The molecule has 0 fully saturated rings. The third-order valence-electron chi connectivity index (χ3n) is 3.41. The van der Waals surface area contributed by atoms with Crippen molar-refractivity contribution in [3.8, 4) is 11.3 Å². The number of Topliss-reactive ketones (excluding diaryl/α,β-unsaturated/α-hetero) is 1. The lowest BCUT2D eigenvalue weighted by molar-refractivity contribution is -0.687. The van der Waals surface area contributed by atoms with Gasteiger partial charge >= 0.3 is 0 Å². The number of hydrogen-bond donors (Lipinski definition) is 0. The smallest absolute Gasteiger partial charge is 0.214 e. The molecule has 0 spiro atoms. The molecule has 1 heterocycles. The molecule has 0 atom stereocenters. The molecule has 0 bridgehead atoms. The van der Waals surface area contributed by atoms with Crippen LogP contribution in [-0.2, 0) is 21.4 Å². The Morgan fingerprint density at radius 2 is 1.96 bits per heavy atom. The van der Waals surface area contributed by atoms with Crippen molar-refractivity contribution in [1.29, 1.82) is 0 Å². The third kappa shape index (κ3) is 4.01. The van der Waals surface area contributed by atoms with Crippen LogP contribution in [0.3, 0.4) is 0 Å². The van der Waals surface area contributed by atoms with Crippen molar-refractivity contribution in [2.24, 2.45) is 0 Å². The van der Waals surface area contributed by atoms with E-state index in [0.717, 1.165) is 0 Å². The largest absolute Gasteiger partial charge is 0.744 e. The van der Waals surface area contributed by atoms with Gasteiger partial charge in [0.25, 0.3) is 0 Å². The molecule has 0 aliphatic heterocycles. The lowest BCUT2D eigenvalue weighted by Gasteiger charge is -2.12. The first-order chi connectivity index (χ1) is 10.8. The van der Waals surface area contributed by atoms with Gasteiger partial charge in [-0.15, -0.1) is 0 Å². The highest BCUT2D eigenvalue weighted by Gasteiger charge is 2.20. The van der Waals surface area contributed by atoms with Gasteiger partial charge < -0.3 is 9.29 Å². The van der Waals surface area contributed by atoms with Crippen molar-refractivity contribution in [2.75, 3.05) is 13.7 Å². The normalized spacial score (nSPS) is 11.4. The highest BCUT2D eigenvalue weighted by molar-refractivity contribution is 7.85. The van der Waals surface area contributed by atoms with Gasteiger partial charge in [-0.05, 0) is 19.1 Å². The molecular weight excluding hydrogens is 318 g/mol. The van der Waals surface area contributed by atoms with E-state index in [0.29, 0.717) is 24.4 Å². The molecule has 6 nitrogen and oxygen atoms in total. The van der Waals surface area contributed by atoms with Gasteiger partial charge in [0, 0.05) is 24.8 Å². The summed E-state index contributed by atoms with van der Waals surface area (Å²) in [5.74, 6) is -0.146. The molecule has 0 saturated carbocycles. The Kier molecular flexibility index (Phi) is 5.25. The van der Waals surface area contributed by atoms with Gasteiger partial charge in [-0.25, -0.2) is 8.42 Å². The van der Waals surface area contributed by atoms with E-state index in [1.807, 2.05) is 0 Å². The fourth-order valence-electron chi connectivity index (χ4n) is 2.26. The Morgan fingerprint density at radius 3 is 2.57 bits per heavy atom. The minimum absolute atomic E-state index is 0.146. The average molecular weight is 335 g/mol. The quantitative estimate of drug-likeness (QED) is 0.452. The van der Waals surface area contributed by atoms with Gasteiger partial charge in [0.2, 0.25) is 5.69 Å². The number of aromatic nitrogens is 1. The number of carbonyl (C=O) groups is 1. The zero-order valence-corrected chi connectivity index (χ0v) is 13.7. The number of benzene rings is 1. The molecule has 1 aromatic heterocycles. The molecule has 7 heteroatoms. The zero-order valence-electron chi connectivity index (χ0n) is 12.9. The first kappa shape index (κ1) is 17.3. The van der Waals surface area contributed by atoms with Crippen LogP contribution in [0.15, 0.2) is 47.5 Å². The lowest BCUT2D eigenvalue weighted by Crippen LogP contribution is -2.38. The minimum atomic E-state index is -4.63. The summed E-state index contributed by atoms with van der Waals surface area (Å²) in [5, 5.41) is 0. The van der Waals surface area contributed by atoms with E-state index < -0.39 is 10.1 Å². The molecule has 2 rings (SSSR count). The molecule has 122 valence electrons. The van der Waals surface area contributed by atoms with E-state index in [9.17, 15) is 17.8 Å². The van der Waals surface area contributed by atoms with Gasteiger partial charge in [-0.1, -0.05) is 12.1 Å². The molecule has 0 unspecified atom stereocenters. The Hall–Kier alpha value is -2.09. The van der Waals surface area contributed by atoms with Crippen molar-refractivity contribution in [1.82, 2.24) is 0 Å². The van der Waals surface area contributed by atoms with Crippen LogP contribution in [0, 0.1) is 0 Å². The number of hydrogen-bond acceptors (Lipinski definition) is 5. The van der Waals surface area contributed by atoms with Crippen LogP contribution < -0.4 is 4.57 Å². The van der Waals surface area contributed by atoms with E-state index in [2.05, 4.69) is 0 Å². The van der Waals surface area contributed by atoms with Crippen molar-refractivity contribution in [2.45, 2.75) is 18.4 Å². The summed E-state index contributed by atoms with van der Waals surface area (Å²) in [4.78, 5) is 11.3. The molecule has 0 aliphatic carbocycles. The van der Waals surface area contributed by atoms with Crippen molar-refractivity contribution in [3.63, 3.8) is 0 Å². The predicted molar refractivity (Wildman–Crippen MR) is 81.9 cm³/mol. The molecule has 0 radical (unpaired) electrons. The topological polar surface area (TPSA) is 87.4 Å². The van der Waals surface area contributed by atoms with Crippen molar-refractivity contribution in [3.05, 3.63) is 48.2 Å². The monoisotopic (exact) mass is 335 g/mol. The van der Waals surface area contributed by atoms with E-state index in [4.69, 9.17) is 4.74 Å². The van der Waals surface area contributed by atoms with E-state index in [-0.39, 0.29) is 16.2 Å². The van der Waals surface area contributed by atoms with Gasteiger partial charge in [0.05, 0.1) is 10.5 Å². The second kappa shape index (κ2) is 6.99. The maximum absolute atomic E-state index is 11.6. The van der Waals surface area contributed by atoms with Gasteiger partial charge in [-0.3, -0.25) is 4.79 Å². The summed E-state index contributed by atoms with van der Waals surface area (Å²) in [6.45, 7) is 2.29. The van der Waals surface area contributed by atoms with Crippen molar-refractivity contribution < 1.29 is 27.1 Å². The van der Waals surface area contributed by atoms with E-state index in [1.165, 1.54) is 19.1 Å². The van der Waals surface area contributed by atoms with Crippen LogP contribution >= 0.6 is 0 Å². The molecule has 2 aromatic rings.